The zero-order valence-corrected chi connectivity index (χ0v) is 15.4. The Bertz CT molecular complexity index is 935. The van der Waals surface area contributed by atoms with E-state index in [1.807, 2.05) is 13.0 Å². The molecule has 0 radical (unpaired) electrons. The Kier molecular flexibility index (Phi) is 5.54. The molecule has 2 aromatic carbocycles. The zero-order chi connectivity index (χ0) is 20.3. The second kappa shape index (κ2) is 8.04. The van der Waals surface area contributed by atoms with Gasteiger partial charge < -0.3 is 10.0 Å². The standard InChI is InChI=1S/C21H20N2O5/c1-2-3-13-22-18(14-7-5-4-6-8-14)17(20(25)21(22)26)19(24)15-9-11-16(12-10-15)23(27)28/h4-12,18,24H,2-3,13H2,1H3/b19-17+/t18-/m1/s1. The number of carbonyl (C=O) groups excluding carboxylic acids is 2. The van der Waals surface area contributed by atoms with Crippen molar-refractivity contribution in [1.82, 2.24) is 4.90 Å². The average molecular weight is 380 g/mol. The molecule has 1 saturated heterocycles. The average Bonchev–Trinajstić information content (AvgIpc) is 2.97. The number of hydrogen-bond donors (Lipinski definition) is 1. The van der Waals surface area contributed by atoms with Crippen LogP contribution in [0.2, 0.25) is 0 Å². The van der Waals surface area contributed by atoms with Crippen LogP contribution in [0.15, 0.2) is 60.2 Å². The summed E-state index contributed by atoms with van der Waals surface area (Å²) < 4.78 is 0. The number of hydrogen-bond acceptors (Lipinski definition) is 5. The van der Waals surface area contributed by atoms with Crippen LogP contribution in [0.5, 0.6) is 0 Å². The number of carbonyl (C=O) groups is 2. The topological polar surface area (TPSA) is 101 Å². The molecule has 1 amide bonds. The summed E-state index contributed by atoms with van der Waals surface area (Å²) in [5.74, 6) is -1.73. The molecule has 1 aliphatic rings. The maximum Gasteiger partial charge on any atom is 0.295 e. The number of ketones is 1. The largest absolute Gasteiger partial charge is 0.507 e. The van der Waals surface area contributed by atoms with Crippen molar-refractivity contribution in [3.63, 3.8) is 0 Å². The van der Waals surface area contributed by atoms with Gasteiger partial charge in [0, 0.05) is 24.2 Å². The number of aliphatic hydroxyl groups excluding tert-OH is 1. The molecule has 0 aliphatic carbocycles. The van der Waals surface area contributed by atoms with Crippen LogP contribution >= 0.6 is 0 Å². The number of likely N-dealkylation sites (tertiary alicyclic amines) is 1. The smallest absolute Gasteiger partial charge is 0.295 e. The van der Waals surface area contributed by atoms with E-state index in [2.05, 4.69) is 0 Å². The third-order valence-corrected chi connectivity index (χ3v) is 4.76. The van der Waals surface area contributed by atoms with Gasteiger partial charge in [-0.1, -0.05) is 43.7 Å². The van der Waals surface area contributed by atoms with Crippen molar-refractivity contribution in [1.29, 1.82) is 0 Å². The van der Waals surface area contributed by atoms with Crippen molar-refractivity contribution < 1.29 is 19.6 Å². The lowest BCUT2D eigenvalue weighted by Gasteiger charge is -2.25. The fraction of sp³-hybridized carbons (Fsp3) is 0.238. The van der Waals surface area contributed by atoms with E-state index >= 15 is 0 Å². The summed E-state index contributed by atoms with van der Waals surface area (Å²) >= 11 is 0. The molecule has 0 bridgehead atoms. The Labute approximate surface area is 162 Å². The Morgan fingerprint density at radius 3 is 2.32 bits per heavy atom. The highest BCUT2D eigenvalue weighted by molar-refractivity contribution is 6.46. The molecular formula is C21H20N2O5. The summed E-state index contributed by atoms with van der Waals surface area (Å²) in [6, 6.07) is 13.6. The van der Waals surface area contributed by atoms with Gasteiger partial charge in [-0.3, -0.25) is 19.7 Å². The summed E-state index contributed by atoms with van der Waals surface area (Å²) in [5, 5.41) is 21.7. The molecule has 7 heteroatoms. The minimum absolute atomic E-state index is 0.00107. The Hall–Kier alpha value is -3.48. The van der Waals surface area contributed by atoms with E-state index in [1.165, 1.54) is 29.2 Å². The molecule has 3 rings (SSSR count). The summed E-state index contributed by atoms with van der Waals surface area (Å²) in [4.78, 5) is 37.1. The molecular weight excluding hydrogens is 360 g/mol. The monoisotopic (exact) mass is 380 g/mol. The molecule has 7 nitrogen and oxygen atoms in total. The number of rotatable bonds is 6. The van der Waals surface area contributed by atoms with Crippen molar-refractivity contribution in [2.24, 2.45) is 0 Å². The van der Waals surface area contributed by atoms with E-state index in [0.29, 0.717) is 6.54 Å². The predicted molar refractivity (Wildman–Crippen MR) is 103 cm³/mol. The lowest BCUT2D eigenvalue weighted by Crippen LogP contribution is -2.30. The first-order valence-electron chi connectivity index (χ1n) is 9.04. The van der Waals surface area contributed by atoms with Gasteiger partial charge in [-0.2, -0.15) is 0 Å². The normalized spacial score (nSPS) is 18.5. The molecule has 0 spiro atoms. The minimum atomic E-state index is -0.749. The van der Waals surface area contributed by atoms with E-state index in [9.17, 15) is 24.8 Å². The van der Waals surface area contributed by atoms with Crippen molar-refractivity contribution in [2.75, 3.05) is 6.54 Å². The summed E-state index contributed by atoms with van der Waals surface area (Å²) in [6.45, 7) is 2.39. The van der Waals surface area contributed by atoms with Crippen LogP contribution in [0.25, 0.3) is 5.76 Å². The highest BCUT2D eigenvalue weighted by atomic mass is 16.6. The second-order valence-corrected chi connectivity index (χ2v) is 6.56. The summed E-state index contributed by atoms with van der Waals surface area (Å²) in [7, 11) is 0. The SMILES string of the molecule is CCCCN1C(=O)C(=O)/C(=C(/O)c2ccc([N+](=O)[O-])cc2)[C@H]1c1ccccc1. The number of unbranched alkanes of at least 4 members (excludes halogenated alkanes) is 1. The molecule has 1 aliphatic heterocycles. The molecule has 0 aromatic heterocycles. The van der Waals surface area contributed by atoms with Gasteiger partial charge in [0.2, 0.25) is 0 Å². The van der Waals surface area contributed by atoms with Crippen molar-refractivity contribution in [3.05, 3.63) is 81.4 Å². The van der Waals surface area contributed by atoms with E-state index in [-0.39, 0.29) is 22.6 Å². The van der Waals surface area contributed by atoms with E-state index < -0.39 is 22.7 Å². The third kappa shape index (κ3) is 3.51. The van der Waals surface area contributed by atoms with Gasteiger partial charge >= 0.3 is 0 Å². The number of Topliss-reactive ketones (excluding diaryl/α,β-unsaturated/α-hetero) is 1. The first-order valence-corrected chi connectivity index (χ1v) is 9.04. The Morgan fingerprint density at radius 2 is 1.75 bits per heavy atom. The first kappa shape index (κ1) is 19.3. The van der Waals surface area contributed by atoms with Gasteiger partial charge in [0.25, 0.3) is 17.4 Å². The van der Waals surface area contributed by atoms with Gasteiger partial charge in [-0.15, -0.1) is 0 Å². The molecule has 2 aromatic rings. The lowest BCUT2D eigenvalue weighted by atomic mass is 9.95. The molecule has 0 saturated carbocycles. The number of nitro groups is 1. The van der Waals surface area contributed by atoms with Gasteiger partial charge in [-0.05, 0) is 24.1 Å². The van der Waals surface area contributed by atoms with Crippen LogP contribution in [0.1, 0.15) is 36.9 Å². The maximum atomic E-state index is 12.7. The van der Waals surface area contributed by atoms with Crippen molar-refractivity contribution in [2.45, 2.75) is 25.8 Å². The first-order chi connectivity index (χ1) is 13.5. The van der Waals surface area contributed by atoms with Gasteiger partial charge in [0.05, 0.1) is 16.5 Å². The van der Waals surface area contributed by atoms with Crippen LogP contribution in [-0.4, -0.2) is 33.2 Å². The Balaban J connectivity index is 2.11. The predicted octanol–water partition coefficient (Wildman–Crippen LogP) is 3.82. The van der Waals surface area contributed by atoms with Crippen LogP contribution in [-0.2, 0) is 9.59 Å². The maximum absolute atomic E-state index is 12.7. The van der Waals surface area contributed by atoms with E-state index in [1.54, 1.807) is 24.3 Å². The van der Waals surface area contributed by atoms with E-state index in [4.69, 9.17) is 0 Å². The second-order valence-electron chi connectivity index (χ2n) is 6.56. The van der Waals surface area contributed by atoms with Crippen molar-refractivity contribution in [3.8, 4) is 0 Å². The summed E-state index contributed by atoms with van der Waals surface area (Å²) in [5.41, 5.74) is 0.849. The number of non-ortho nitro benzene ring substituents is 1. The summed E-state index contributed by atoms with van der Waals surface area (Å²) in [6.07, 6.45) is 1.58. The van der Waals surface area contributed by atoms with Gasteiger partial charge in [0.1, 0.15) is 5.76 Å². The fourth-order valence-electron chi connectivity index (χ4n) is 3.32. The number of aliphatic hydroxyl groups is 1. The molecule has 28 heavy (non-hydrogen) atoms. The van der Waals surface area contributed by atoms with Crippen LogP contribution < -0.4 is 0 Å². The minimum Gasteiger partial charge on any atom is -0.507 e. The van der Waals surface area contributed by atoms with Crippen LogP contribution in [0.3, 0.4) is 0 Å². The van der Waals surface area contributed by atoms with E-state index in [0.717, 1.165) is 18.4 Å². The zero-order valence-electron chi connectivity index (χ0n) is 15.4. The number of nitro benzene ring substituents is 1. The number of nitrogens with zero attached hydrogens (tertiary/aromatic N) is 2. The Morgan fingerprint density at radius 1 is 1.11 bits per heavy atom. The van der Waals surface area contributed by atoms with Crippen LogP contribution in [0, 0.1) is 10.1 Å². The number of amides is 1. The molecule has 1 N–H and O–H groups in total. The quantitative estimate of drug-likeness (QED) is 0.270. The third-order valence-electron chi connectivity index (χ3n) is 4.76. The van der Waals surface area contributed by atoms with Crippen LogP contribution in [0.4, 0.5) is 5.69 Å². The molecule has 1 fully saturated rings. The molecule has 144 valence electrons. The molecule has 1 heterocycles. The fourth-order valence-corrected chi connectivity index (χ4v) is 3.32. The molecule has 0 unspecified atom stereocenters. The molecule has 1 atom stereocenters. The highest BCUT2D eigenvalue weighted by Crippen LogP contribution is 2.39. The lowest BCUT2D eigenvalue weighted by molar-refractivity contribution is -0.384. The highest BCUT2D eigenvalue weighted by Gasteiger charge is 2.45. The van der Waals surface area contributed by atoms with Gasteiger partial charge in [0.15, 0.2) is 0 Å². The number of benzene rings is 2. The van der Waals surface area contributed by atoms with Gasteiger partial charge in [-0.25, -0.2) is 0 Å². The van der Waals surface area contributed by atoms with Crippen molar-refractivity contribution >= 4 is 23.1 Å².